The minimum Gasteiger partial charge on any atom is -0.504 e. The second-order valence-corrected chi connectivity index (χ2v) is 2.56. The zero-order valence-corrected chi connectivity index (χ0v) is 7.62. The first-order valence-electron chi connectivity index (χ1n) is 4.00. The van der Waals surface area contributed by atoms with Gasteiger partial charge in [-0.25, -0.2) is 0 Å². The van der Waals surface area contributed by atoms with Crippen LogP contribution in [-0.2, 0) is 11.3 Å². The Bertz CT molecular complexity index is 271. The molecule has 3 nitrogen and oxygen atoms in total. The van der Waals surface area contributed by atoms with Gasteiger partial charge in [-0.1, -0.05) is 6.07 Å². The maximum atomic E-state index is 9.28. The van der Waals surface area contributed by atoms with Crippen molar-refractivity contribution in [2.45, 2.75) is 6.61 Å². The van der Waals surface area contributed by atoms with Crippen LogP contribution in [0.3, 0.4) is 0 Å². The molecule has 0 spiro atoms. The molecular weight excluding hydrogens is 168 g/mol. The van der Waals surface area contributed by atoms with Crippen LogP contribution in [0.1, 0.15) is 5.56 Å². The summed E-state index contributed by atoms with van der Waals surface area (Å²) in [6.45, 7) is 4.48. The lowest BCUT2D eigenvalue weighted by Gasteiger charge is -2.06. The molecule has 71 valence electrons. The zero-order valence-electron chi connectivity index (χ0n) is 7.62. The highest BCUT2D eigenvalue weighted by Gasteiger charge is 2.01. The number of aromatic hydroxyl groups is 1. The second kappa shape index (κ2) is 4.72. The van der Waals surface area contributed by atoms with Crippen LogP contribution >= 0.6 is 0 Å². The summed E-state index contributed by atoms with van der Waals surface area (Å²) < 4.78 is 10.1. The molecule has 13 heavy (non-hydrogen) atoms. The maximum absolute atomic E-state index is 9.28. The van der Waals surface area contributed by atoms with Crippen molar-refractivity contribution in [3.05, 3.63) is 30.7 Å². The van der Waals surface area contributed by atoms with Gasteiger partial charge < -0.3 is 14.6 Å². The molecule has 0 bridgehead atoms. The van der Waals surface area contributed by atoms with Gasteiger partial charge in [0, 0.05) is 6.61 Å². The highest BCUT2D eigenvalue weighted by Crippen LogP contribution is 2.26. The molecule has 1 rings (SSSR count). The number of phenolic OH excluding ortho intramolecular Hbond substituents is 1. The van der Waals surface area contributed by atoms with E-state index in [1.54, 1.807) is 18.2 Å². The highest BCUT2D eigenvalue weighted by atomic mass is 16.5. The molecule has 1 aromatic carbocycles. The number of methoxy groups -OCH3 is 1. The summed E-state index contributed by atoms with van der Waals surface area (Å²) in [5.74, 6) is 0.603. The van der Waals surface area contributed by atoms with Crippen LogP contribution in [0.5, 0.6) is 11.5 Å². The summed E-state index contributed by atoms with van der Waals surface area (Å²) in [6.07, 6.45) is 0. The van der Waals surface area contributed by atoms with Gasteiger partial charge in [0.2, 0.25) is 0 Å². The molecule has 0 heterocycles. The number of hydrogen-bond acceptors (Lipinski definition) is 3. The molecule has 0 aliphatic carbocycles. The molecule has 1 aromatic rings. The monoisotopic (exact) mass is 181 g/mol. The van der Waals surface area contributed by atoms with E-state index < -0.39 is 0 Å². The predicted octanol–water partition coefficient (Wildman–Crippen LogP) is 1.75. The summed E-state index contributed by atoms with van der Waals surface area (Å²) in [5, 5.41) is 9.28. The number of benzene rings is 1. The summed E-state index contributed by atoms with van der Waals surface area (Å²) in [6, 6.07) is 5.11. The molecule has 0 fully saturated rings. The van der Waals surface area contributed by atoms with Crippen molar-refractivity contribution >= 4 is 0 Å². The molecule has 0 atom stereocenters. The Labute approximate surface area is 77.9 Å². The van der Waals surface area contributed by atoms with Crippen molar-refractivity contribution in [1.82, 2.24) is 0 Å². The fourth-order valence-electron chi connectivity index (χ4n) is 1.00. The quantitative estimate of drug-likeness (QED) is 0.769. The van der Waals surface area contributed by atoms with Crippen LogP contribution in [0, 0.1) is 6.92 Å². The normalized spacial score (nSPS) is 10.0. The van der Waals surface area contributed by atoms with Crippen molar-refractivity contribution in [1.29, 1.82) is 0 Å². The van der Waals surface area contributed by atoms with E-state index >= 15 is 0 Å². The van der Waals surface area contributed by atoms with Crippen molar-refractivity contribution in [2.24, 2.45) is 0 Å². The first kappa shape index (κ1) is 9.86. The second-order valence-electron chi connectivity index (χ2n) is 2.56. The number of rotatable bonds is 4. The van der Waals surface area contributed by atoms with Crippen molar-refractivity contribution in [2.75, 3.05) is 13.7 Å². The minimum atomic E-state index is 0.140. The molecule has 1 radical (unpaired) electrons. The van der Waals surface area contributed by atoms with E-state index in [1.807, 2.05) is 0 Å². The molecule has 0 aliphatic heterocycles. The van der Waals surface area contributed by atoms with Gasteiger partial charge >= 0.3 is 0 Å². The Morgan fingerprint density at radius 2 is 2.23 bits per heavy atom. The van der Waals surface area contributed by atoms with Gasteiger partial charge in [0.1, 0.15) is 0 Å². The van der Waals surface area contributed by atoms with Crippen LogP contribution in [0.25, 0.3) is 0 Å². The smallest absolute Gasteiger partial charge is 0.160 e. The van der Waals surface area contributed by atoms with Gasteiger partial charge in [0.25, 0.3) is 0 Å². The van der Waals surface area contributed by atoms with E-state index in [-0.39, 0.29) is 5.75 Å². The Balaban J connectivity index is 2.74. The van der Waals surface area contributed by atoms with Crippen LogP contribution in [0.2, 0.25) is 0 Å². The van der Waals surface area contributed by atoms with E-state index in [2.05, 4.69) is 6.92 Å². The molecular formula is C10H13O3. The number of hydrogen-bond donors (Lipinski definition) is 1. The lowest BCUT2D eigenvalue weighted by atomic mass is 10.2. The first-order chi connectivity index (χ1) is 6.27. The number of phenols is 1. The summed E-state index contributed by atoms with van der Waals surface area (Å²) in [4.78, 5) is 0. The summed E-state index contributed by atoms with van der Waals surface area (Å²) in [7, 11) is 1.51. The van der Waals surface area contributed by atoms with Crippen LogP contribution in [0.4, 0.5) is 0 Å². The highest BCUT2D eigenvalue weighted by molar-refractivity contribution is 5.41. The molecule has 0 saturated heterocycles. The third-order valence-corrected chi connectivity index (χ3v) is 1.66. The predicted molar refractivity (Wildman–Crippen MR) is 49.7 cm³/mol. The molecule has 0 aromatic heterocycles. The van der Waals surface area contributed by atoms with E-state index in [9.17, 15) is 5.11 Å². The molecule has 3 heteroatoms. The third kappa shape index (κ3) is 2.63. The van der Waals surface area contributed by atoms with Gasteiger partial charge in [0.05, 0.1) is 13.7 Å². The molecule has 0 saturated carbocycles. The standard InChI is InChI=1S/C10H13O3/c1-3-13-7-8-4-5-9(11)10(6-8)12-2/h4-6,11H,1,3,7H2,2H3. The topological polar surface area (TPSA) is 38.7 Å². The van der Waals surface area contributed by atoms with Gasteiger partial charge in [-0.05, 0) is 24.6 Å². The average molecular weight is 181 g/mol. The fraction of sp³-hybridized carbons (Fsp3) is 0.300. The van der Waals surface area contributed by atoms with Crippen molar-refractivity contribution in [3.63, 3.8) is 0 Å². The Hall–Kier alpha value is -1.22. The summed E-state index contributed by atoms with van der Waals surface area (Å²) >= 11 is 0. The lowest BCUT2D eigenvalue weighted by molar-refractivity contribution is 0.147. The van der Waals surface area contributed by atoms with Gasteiger partial charge in [-0.15, -0.1) is 0 Å². The van der Waals surface area contributed by atoms with Crippen molar-refractivity contribution < 1.29 is 14.6 Å². The average Bonchev–Trinajstić information content (AvgIpc) is 2.16. The first-order valence-corrected chi connectivity index (χ1v) is 4.00. The van der Waals surface area contributed by atoms with Crippen LogP contribution in [-0.4, -0.2) is 18.8 Å². The van der Waals surface area contributed by atoms with Gasteiger partial charge in [0.15, 0.2) is 11.5 Å². The largest absolute Gasteiger partial charge is 0.504 e. The van der Waals surface area contributed by atoms with Gasteiger partial charge in [-0.3, -0.25) is 0 Å². The van der Waals surface area contributed by atoms with E-state index in [1.165, 1.54) is 7.11 Å². The lowest BCUT2D eigenvalue weighted by Crippen LogP contribution is -1.93. The van der Waals surface area contributed by atoms with Crippen LogP contribution in [0.15, 0.2) is 18.2 Å². The van der Waals surface area contributed by atoms with Crippen molar-refractivity contribution in [3.8, 4) is 11.5 Å². The Kier molecular flexibility index (Phi) is 3.58. The molecule has 0 aliphatic rings. The van der Waals surface area contributed by atoms with E-state index in [0.29, 0.717) is 19.0 Å². The zero-order chi connectivity index (χ0) is 9.68. The SMILES string of the molecule is [CH2]COCc1ccc(O)c(OC)c1. The molecule has 0 amide bonds. The number of ether oxygens (including phenoxy) is 2. The summed E-state index contributed by atoms with van der Waals surface area (Å²) in [5.41, 5.74) is 0.957. The molecule has 0 unspecified atom stereocenters. The van der Waals surface area contributed by atoms with E-state index in [4.69, 9.17) is 9.47 Å². The minimum absolute atomic E-state index is 0.140. The fourth-order valence-corrected chi connectivity index (χ4v) is 1.00. The molecule has 1 N–H and O–H groups in total. The Morgan fingerprint density at radius 3 is 2.85 bits per heavy atom. The van der Waals surface area contributed by atoms with E-state index in [0.717, 1.165) is 5.56 Å². The third-order valence-electron chi connectivity index (χ3n) is 1.66. The van der Waals surface area contributed by atoms with Crippen LogP contribution < -0.4 is 4.74 Å². The Morgan fingerprint density at radius 1 is 1.46 bits per heavy atom. The van der Waals surface area contributed by atoms with Gasteiger partial charge in [-0.2, -0.15) is 0 Å². The maximum Gasteiger partial charge on any atom is 0.160 e.